The highest BCUT2D eigenvalue weighted by Crippen LogP contribution is 2.49. The van der Waals surface area contributed by atoms with Crippen LogP contribution in [0.5, 0.6) is 11.5 Å². The van der Waals surface area contributed by atoms with Gasteiger partial charge >= 0.3 is 0 Å². The van der Waals surface area contributed by atoms with Crippen LogP contribution in [0.4, 0.5) is 0 Å². The molecule has 0 aromatic heterocycles. The van der Waals surface area contributed by atoms with Crippen molar-refractivity contribution >= 4 is 11.6 Å². The molecule has 0 unspecified atom stereocenters. The molecule has 0 aliphatic heterocycles. The van der Waals surface area contributed by atoms with Gasteiger partial charge in [0.2, 0.25) is 0 Å². The lowest BCUT2D eigenvalue weighted by Crippen LogP contribution is -2.32. The van der Waals surface area contributed by atoms with Gasteiger partial charge in [0.1, 0.15) is 16.5 Å². The van der Waals surface area contributed by atoms with E-state index in [0.29, 0.717) is 11.6 Å². The summed E-state index contributed by atoms with van der Waals surface area (Å²) in [5, 5.41) is 0.573. The van der Waals surface area contributed by atoms with Gasteiger partial charge in [0, 0.05) is 17.5 Å². The van der Waals surface area contributed by atoms with Gasteiger partial charge in [-0.25, -0.2) is 0 Å². The zero-order chi connectivity index (χ0) is 14.8. The molecular formula is C16H24ClNO2. The Balaban J connectivity index is 2.65. The maximum Gasteiger partial charge on any atom is 0.145 e. The third-order valence-electron chi connectivity index (χ3n) is 4.57. The van der Waals surface area contributed by atoms with Gasteiger partial charge in [-0.2, -0.15) is 0 Å². The van der Waals surface area contributed by atoms with E-state index in [4.69, 9.17) is 26.8 Å². The molecule has 1 aromatic rings. The molecule has 1 aliphatic rings. The predicted molar refractivity (Wildman–Crippen MR) is 83.1 cm³/mol. The summed E-state index contributed by atoms with van der Waals surface area (Å²) in [5.74, 6) is 1.45. The Morgan fingerprint density at radius 1 is 1.20 bits per heavy atom. The number of nitrogens with two attached hydrogens (primary N) is 1. The van der Waals surface area contributed by atoms with Crippen molar-refractivity contribution in [3.05, 3.63) is 22.2 Å². The van der Waals surface area contributed by atoms with Crippen LogP contribution in [0.1, 0.15) is 43.7 Å². The molecule has 112 valence electrons. The summed E-state index contributed by atoms with van der Waals surface area (Å²) in [6, 6.07) is 2.18. The van der Waals surface area contributed by atoms with Crippen LogP contribution in [-0.4, -0.2) is 20.8 Å². The number of rotatable bonds is 5. The minimum absolute atomic E-state index is 0.00513. The van der Waals surface area contributed by atoms with Gasteiger partial charge in [0.05, 0.1) is 14.2 Å². The van der Waals surface area contributed by atoms with E-state index in [-0.39, 0.29) is 5.41 Å². The molecule has 0 atom stereocenters. The first-order valence-electron chi connectivity index (χ1n) is 7.27. The number of methoxy groups -OCH3 is 2. The second-order valence-corrected chi connectivity index (χ2v) is 5.89. The molecule has 0 spiro atoms. The number of hydrogen-bond donors (Lipinski definition) is 1. The third kappa shape index (κ3) is 2.38. The van der Waals surface area contributed by atoms with Crippen molar-refractivity contribution in [2.75, 3.05) is 20.8 Å². The second-order valence-electron chi connectivity index (χ2n) is 5.51. The third-order valence-corrected chi connectivity index (χ3v) is 4.91. The molecule has 2 rings (SSSR count). The molecule has 3 nitrogen and oxygen atoms in total. The Labute approximate surface area is 126 Å². The van der Waals surface area contributed by atoms with Gasteiger partial charge in [-0.15, -0.1) is 0 Å². The maximum absolute atomic E-state index is 6.50. The van der Waals surface area contributed by atoms with Crippen LogP contribution in [-0.2, 0) is 11.8 Å². The van der Waals surface area contributed by atoms with E-state index in [9.17, 15) is 0 Å². The standard InChI is InChI=1S/C16H24ClNO2/c1-4-11-9-12(16(10-18)7-5-6-8-16)15(20-3)13(17)14(11)19-2/h9H,4-8,10,18H2,1-3H3. The fourth-order valence-corrected chi connectivity index (χ4v) is 3.76. The molecule has 0 amide bonds. The minimum atomic E-state index is 0.00513. The Bertz CT molecular complexity index is 482. The van der Waals surface area contributed by atoms with E-state index in [2.05, 4.69) is 13.0 Å². The predicted octanol–water partition coefficient (Wildman–Crippen LogP) is 3.69. The summed E-state index contributed by atoms with van der Waals surface area (Å²) < 4.78 is 11.0. The van der Waals surface area contributed by atoms with E-state index in [1.54, 1.807) is 14.2 Å². The van der Waals surface area contributed by atoms with Crippen LogP contribution in [0, 0.1) is 0 Å². The smallest absolute Gasteiger partial charge is 0.145 e. The molecule has 20 heavy (non-hydrogen) atoms. The summed E-state index contributed by atoms with van der Waals surface area (Å²) in [7, 11) is 3.31. The van der Waals surface area contributed by atoms with Crippen molar-refractivity contribution in [2.45, 2.75) is 44.4 Å². The Hall–Kier alpha value is -0.930. The fraction of sp³-hybridized carbons (Fsp3) is 0.625. The van der Waals surface area contributed by atoms with Gasteiger partial charge < -0.3 is 15.2 Å². The fourth-order valence-electron chi connectivity index (χ4n) is 3.38. The van der Waals surface area contributed by atoms with Gasteiger partial charge in [-0.05, 0) is 30.9 Å². The van der Waals surface area contributed by atoms with Crippen LogP contribution in [0.15, 0.2) is 6.07 Å². The SMILES string of the molecule is CCc1cc(C2(CN)CCCC2)c(OC)c(Cl)c1OC. The van der Waals surface area contributed by atoms with Crippen LogP contribution < -0.4 is 15.2 Å². The average molecular weight is 298 g/mol. The summed E-state index contributed by atoms with van der Waals surface area (Å²) >= 11 is 6.50. The molecule has 1 saturated carbocycles. The molecule has 0 heterocycles. The Morgan fingerprint density at radius 2 is 1.80 bits per heavy atom. The number of hydrogen-bond acceptors (Lipinski definition) is 3. The quantitative estimate of drug-likeness (QED) is 0.901. The molecule has 2 N–H and O–H groups in total. The second kappa shape index (κ2) is 6.23. The average Bonchev–Trinajstić information content (AvgIpc) is 2.96. The maximum atomic E-state index is 6.50. The molecule has 1 fully saturated rings. The van der Waals surface area contributed by atoms with Crippen molar-refractivity contribution in [3.63, 3.8) is 0 Å². The summed E-state index contributed by atoms with van der Waals surface area (Å²) in [6.07, 6.45) is 5.51. The first-order chi connectivity index (χ1) is 9.63. The van der Waals surface area contributed by atoms with E-state index >= 15 is 0 Å². The summed E-state index contributed by atoms with van der Waals surface area (Å²) in [4.78, 5) is 0. The normalized spacial score (nSPS) is 17.2. The lowest BCUT2D eigenvalue weighted by Gasteiger charge is -2.31. The molecular weight excluding hydrogens is 274 g/mol. The number of aryl methyl sites for hydroxylation is 1. The number of benzene rings is 1. The highest BCUT2D eigenvalue weighted by Gasteiger charge is 2.38. The molecule has 0 bridgehead atoms. The van der Waals surface area contributed by atoms with Crippen molar-refractivity contribution in [1.82, 2.24) is 0 Å². The zero-order valence-electron chi connectivity index (χ0n) is 12.6. The highest BCUT2D eigenvalue weighted by atomic mass is 35.5. The van der Waals surface area contributed by atoms with E-state index in [0.717, 1.165) is 41.9 Å². The largest absolute Gasteiger partial charge is 0.495 e. The van der Waals surface area contributed by atoms with Gasteiger partial charge in [0.25, 0.3) is 0 Å². The Kier molecular flexibility index (Phi) is 4.82. The van der Waals surface area contributed by atoms with Crippen molar-refractivity contribution in [1.29, 1.82) is 0 Å². The topological polar surface area (TPSA) is 44.5 Å². The zero-order valence-corrected chi connectivity index (χ0v) is 13.3. The van der Waals surface area contributed by atoms with E-state index in [1.165, 1.54) is 12.8 Å². The van der Waals surface area contributed by atoms with Gasteiger partial charge in [0.15, 0.2) is 0 Å². The van der Waals surface area contributed by atoms with Crippen molar-refractivity contribution in [2.24, 2.45) is 5.73 Å². The molecule has 0 radical (unpaired) electrons. The van der Waals surface area contributed by atoms with Gasteiger partial charge in [-0.3, -0.25) is 0 Å². The summed E-state index contributed by atoms with van der Waals surface area (Å²) in [6.45, 7) is 2.74. The minimum Gasteiger partial charge on any atom is -0.495 e. The number of ether oxygens (including phenoxy) is 2. The van der Waals surface area contributed by atoms with Crippen molar-refractivity contribution < 1.29 is 9.47 Å². The van der Waals surface area contributed by atoms with E-state index < -0.39 is 0 Å². The lowest BCUT2D eigenvalue weighted by molar-refractivity contribution is 0.367. The van der Waals surface area contributed by atoms with E-state index in [1.807, 2.05) is 0 Å². The first kappa shape index (κ1) is 15.5. The molecule has 0 saturated heterocycles. The van der Waals surface area contributed by atoms with Crippen LogP contribution in [0.2, 0.25) is 5.02 Å². The Morgan fingerprint density at radius 3 is 2.25 bits per heavy atom. The van der Waals surface area contributed by atoms with Crippen molar-refractivity contribution in [3.8, 4) is 11.5 Å². The summed E-state index contributed by atoms with van der Waals surface area (Å²) in [5.41, 5.74) is 8.39. The number of halogens is 1. The molecule has 1 aliphatic carbocycles. The highest BCUT2D eigenvalue weighted by molar-refractivity contribution is 6.33. The lowest BCUT2D eigenvalue weighted by atomic mass is 9.77. The first-order valence-corrected chi connectivity index (χ1v) is 7.65. The van der Waals surface area contributed by atoms with Crippen LogP contribution >= 0.6 is 11.6 Å². The molecule has 1 aromatic carbocycles. The monoisotopic (exact) mass is 297 g/mol. The molecule has 4 heteroatoms. The van der Waals surface area contributed by atoms with Gasteiger partial charge in [-0.1, -0.05) is 31.4 Å². The van der Waals surface area contributed by atoms with Crippen LogP contribution in [0.3, 0.4) is 0 Å². The van der Waals surface area contributed by atoms with Crippen LogP contribution in [0.25, 0.3) is 0 Å².